The van der Waals surface area contributed by atoms with Crippen molar-refractivity contribution >= 4 is 39.1 Å². The molecule has 8 heteroatoms. The first kappa shape index (κ1) is 21.1. The Morgan fingerprint density at radius 1 is 1.07 bits per heavy atom. The molecule has 2 aromatic carbocycles. The molecule has 1 amide bonds. The van der Waals surface area contributed by atoms with Crippen molar-refractivity contribution in [1.82, 2.24) is 9.62 Å². The summed E-state index contributed by atoms with van der Waals surface area (Å²) in [6, 6.07) is 14.4. The maximum absolute atomic E-state index is 12.8. The van der Waals surface area contributed by atoms with Crippen LogP contribution in [0.1, 0.15) is 24.0 Å². The Labute approximate surface area is 175 Å². The van der Waals surface area contributed by atoms with E-state index in [0.717, 1.165) is 5.56 Å². The molecule has 150 valence electrons. The Morgan fingerprint density at radius 3 is 2.54 bits per heavy atom. The van der Waals surface area contributed by atoms with Crippen LogP contribution < -0.4 is 5.32 Å². The highest BCUT2D eigenvalue weighted by atomic mass is 35.5. The van der Waals surface area contributed by atoms with Gasteiger partial charge in [-0.25, -0.2) is 12.7 Å². The molecule has 1 aliphatic heterocycles. The number of benzene rings is 2. The Bertz CT molecular complexity index is 936. The second-order valence-electron chi connectivity index (χ2n) is 6.91. The Balaban J connectivity index is 1.61. The average Bonchev–Trinajstić information content (AvgIpc) is 2.69. The topological polar surface area (TPSA) is 66.5 Å². The monoisotopic (exact) mass is 440 g/mol. The van der Waals surface area contributed by atoms with E-state index in [1.165, 1.54) is 4.31 Å². The number of hydrogen-bond donors (Lipinski definition) is 1. The van der Waals surface area contributed by atoms with Gasteiger partial charge in [0.1, 0.15) is 0 Å². The van der Waals surface area contributed by atoms with Crippen molar-refractivity contribution in [1.29, 1.82) is 0 Å². The van der Waals surface area contributed by atoms with Crippen molar-refractivity contribution < 1.29 is 13.2 Å². The zero-order chi connectivity index (χ0) is 20.1. The van der Waals surface area contributed by atoms with Crippen molar-refractivity contribution in [3.8, 4) is 0 Å². The van der Waals surface area contributed by atoms with Gasteiger partial charge in [0.15, 0.2) is 0 Å². The Kier molecular flexibility index (Phi) is 6.99. The number of hydrogen-bond acceptors (Lipinski definition) is 3. The summed E-state index contributed by atoms with van der Waals surface area (Å²) in [5.74, 6) is -0.623. The van der Waals surface area contributed by atoms with Gasteiger partial charge in [0.2, 0.25) is 15.9 Å². The van der Waals surface area contributed by atoms with Crippen LogP contribution in [0.3, 0.4) is 0 Å². The minimum atomic E-state index is -3.55. The number of nitrogens with one attached hydrogen (secondary N) is 1. The van der Waals surface area contributed by atoms with Crippen molar-refractivity contribution in [3.63, 3.8) is 0 Å². The summed E-state index contributed by atoms with van der Waals surface area (Å²) in [7, 11) is -3.55. The van der Waals surface area contributed by atoms with Gasteiger partial charge in [0, 0.05) is 19.6 Å². The van der Waals surface area contributed by atoms with E-state index in [1.807, 2.05) is 30.3 Å². The first-order chi connectivity index (χ1) is 13.3. The van der Waals surface area contributed by atoms with Gasteiger partial charge in [-0.1, -0.05) is 59.6 Å². The number of amides is 1. The fraction of sp³-hybridized carbons (Fsp3) is 0.350. The predicted molar refractivity (Wildman–Crippen MR) is 112 cm³/mol. The largest absolute Gasteiger partial charge is 0.352 e. The fourth-order valence-corrected chi connectivity index (χ4v) is 5.19. The molecule has 0 aliphatic carbocycles. The lowest BCUT2D eigenvalue weighted by Gasteiger charge is -2.31. The van der Waals surface area contributed by atoms with Gasteiger partial charge < -0.3 is 5.32 Å². The van der Waals surface area contributed by atoms with Crippen molar-refractivity contribution in [2.24, 2.45) is 5.92 Å². The number of rotatable bonds is 6. The smallest absolute Gasteiger partial charge is 0.224 e. The van der Waals surface area contributed by atoms with Crippen LogP contribution >= 0.6 is 23.2 Å². The van der Waals surface area contributed by atoms with Crippen molar-refractivity contribution in [2.45, 2.75) is 25.1 Å². The number of sulfonamides is 1. The second kappa shape index (κ2) is 9.27. The van der Waals surface area contributed by atoms with E-state index in [9.17, 15) is 13.2 Å². The van der Waals surface area contributed by atoms with Crippen molar-refractivity contribution in [2.75, 3.05) is 13.1 Å². The van der Waals surface area contributed by atoms with Crippen LogP contribution in [-0.4, -0.2) is 31.7 Å². The minimum absolute atomic E-state index is 0.113. The zero-order valence-electron chi connectivity index (χ0n) is 15.3. The van der Waals surface area contributed by atoms with E-state index < -0.39 is 10.0 Å². The lowest BCUT2D eigenvalue weighted by molar-refractivity contribution is -0.126. The molecule has 28 heavy (non-hydrogen) atoms. The van der Waals surface area contributed by atoms with Gasteiger partial charge in [-0.2, -0.15) is 0 Å². The van der Waals surface area contributed by atoms with E-state index >= 15 is 0 Å². The molecule has 0 aromatic heterocycles. The number of carbonyl (C=O) groups excluding carboxylic acids is 1. The molecule has 1 saturated heterocycles. The third-order valence-electron chi connectivity index (χ3n) is 4.79. The second-order valence-corrected chi connectivity index (χ2v) is 9.69. The van der Waals surface area contributed by atoms with Gasteiger partial charge in [0.05, 0.1) is 21.7 Å². The molecule has 0 spiro atoms. The molecular formula is C20H22Cl2N2O3S. The SMILES string of the molecule is O=C(NCc1ccccc1)[C@@H]1CCCN(S(=O)(=O)Cc2ccc(Cl)c(Cl)c2)C1. The lowest BCUT2D eigenvalue weighted by atomic mass is 9.99. The third-order valence-corrected chi connectivity index (χ3v) is 7.35. The van der Waals surface area contributed by atoms with Crippen LogP contribution in [-0.2, 0) is 27.1 Å². The standard InChI is InChI=1S/C20H22Cl2N2O3S/c21-18-9-8-16(11-19(18)22)14-28(26,27)24-10-4-7-17(13-24)20(25)23-12-15-5-2-1-3-6-15/h1-3,5-6,8-9,11,17H,4,7,10,12-14H2,(H,23,25)/t17-/m1/s1. The summed E-state index contributed by atoms with van der Waals surface area (Å²) in [5, 5.41) is 3.62. The molecule has 0 saturated carbocycles. The van der Waals surface area contributed by atoms with E-state index in [0.29, 0.717) is 41.5 Å². The fourth-order valence-electron chi connectivity index (χ4n) is 3.27. The Morgan fingerprint density at radius 2 is 1.82 bits per heavy atom. The van der Waals surface area contributed by atoms with Crippen LogP contribution in [0.15, 0.2) is 48.5 Å². The first-order valence-electron chi connectivity index (χ1n) is 9.08. The zero-order valence-corrected chi connectivity index (χ0v) is 17.6. The van der Waals surface area contributed by atoms with Gasteiger partial charge in [-0.15, -0.1) is 0 Å². The summed E-state index contributed by atoms with van der Waals surface area (Å²) >= 11 is 11.9. The highest BCUT2D eigenvalue weighted by molar-refractivity contribution is 7.88. The number of nitrogens with zero attached hydrogens (tertiary/aromatic N) is 1. The molecule has 1 aliphatic rings. The van der Waals surface area contributed by atoms with Crippen LogP contribution in [0, 0.1) is 5.92 Å². The number of carbonyl (C=O) groups is 1. The molecule has 1 atom stereocenters. The molecule has 2 aromatic rings. The molecular weight excluding hydrogens is 419 g/mol. The van der Waals surface area contributed by atoms with E-state index in [-0.39, 0.29) is 24.1 Å². The third kappa shape index (κ3) is 5.47. The van der Waals surface area contributed by atoms with Gasteiger partial charge in [-0.3, -0.25) is 4.79 Å². The summed E-state index contributed by atoms with van der Waals surface area (Å²) < 4.78 is 27.0. The maximum Gasteiger partial charge on any atom is 0.224 e. The van der Waals surface area contributed by atoms with E-state index in [1.54, 1.807) is 18.2 Å². The van der Waals surface area contributed by atoms with E-state index in [4.69, 9.17) is 23.2 Å². The highest BCUT2D eigenvalue weighted by Gasteiger charge is 2.32. The molecule has 1 heterocycles. The summed E-state index contributed by atoms with van der Waals surface area (Å²) in [6.07, 6.45) is 1.34. The van der Waals surface area contributed by atoms with Crippen molar-refractivity contribution in [3.05, 3.63) is 69.7 Å². The first-order valence-corrected chi connectivity index (χ1v) is 11.4. The van der Waals surface area contributed by atoms with Crippen LogP contribution in [0.5, 0.6) is 0 Å². The average molecular weight is 441 g/mol. The van der Waals surface area contributed by atoms with Crippen LogP contribution in [0.25, 0.3) is 0 Å². The highest BCUT2D eigenvalue weighted by Crippen LogP contribution is 2.26. The maximum atomic E-state index is 12.8. The molecule has 5 nitrogen and oxygen atoms in total. The number of halogens is 2. The lowest BCUT2D eigenvalue weighted by Crippen LogP contribution is -2.45. The van der Waals surface area contributed by atoms with Gasteiger partial charge in [-0.05, 0) is 36.1 Å². The van der Waals surface area contributed by atoms with Crippen LogP contribution in [0.2, 0.25) is 10.0 Å². The van der Waals surface area contributed by atoms with E-state index in [2.05, 4.69) is 5.32 Å². The minimum Gasteiger partial charge on any atom is -0.352 e. The molecule has 3 rings (SSSR count). The van der Waals surface area contributed by atoms with Gasteiger partial charge in [0.25, 0.3) is 0 Å². The quantitative estimate of drug-likeness (QED) is 0.741. The normalized spacial score (nSPS) is 18.0. The summed E-state index contributed by atoms with van der Waals surface area (Å²) in [5.41, 5.74) is 1.58. The molecule has 0 bridgehead atoms. The summed E-state index contributed by atoms with van der Waals surface area (Å²) in [6.45, 7) is 1.06. The molecule has 1 N–H and O–H groups in total. The molecule has 0 unspecified atom stereocenters. The van der Waals surface area contributed by atoms with Crippen LogP contribution in [0.4, 0.5) is 0 Å². The Hall–Kier alpha value is -1.60. The number of piperidine rings is 1. The molecule has 1 fully saturated rings. The van der Waals surface area contributed by atoms with Gasteiger partial charge >= 0.3 is 0 Å². The molecule has 0 radical (unpaired) electrons. The predicted octanol–water partition coefficient (Wildman–Crippen LogP) is 3.85. The summed E-state index contributed by atoms with van der Waals surface area (Å²) in [4.78, 5) is 12.5.